The number of hydrogen-bond donors (Lipinski definition) is 0. The standard InChI is InChI=1S/C55H37N3/c1-5-17-37(18-6-1)41-33-39-21-9-3-12-24-43(39)49(35-41)52-36-51(56-55(57-52)38-19-7-2-8-20-38)47-31-30-44(45-25-13-14-26-46(45)47)40-29-32-54-50(34-40)48-27-15-16-28-53(48)58(54)42-22-10-4-11-23-42/h1-2,4-36H,3H2. The van der Waals surface area contributed by atoms with E-state index in [-0.39, 0.29) is 0 Å². The van der Waals surface area contributed by atoms with Gasteiger partial charge in [-0.15, -0.1) is 0 Å². The molecule has 10 aromatic rings. The van der Waals surface area contributed by atoms with Crippen LogP contribution in [0.2, 0.25) is 0 Å². The summed E-state index contributed by atoms with van der Waals surface area (Å²) >= 11 is 0. The highest BCUT2D eigenvalue weighted by molar-refractivity contribution is 6.12. The molecule has 2 aromatic heterocycles. The lowest BCUT2D eigenvalue weighted by atomic mass is 9.91. The Bertz CT molecular complexity index is 3230. The van der Waals surface area contributed by atoms with Crippen molar-refractivity contribution in [3.8, 4) is 61.8 Å². The van der Waals surface area contributed by atoms with Crippen LogP contribution in [0.1, 0.15) is 17.5 Å². The Morgan fingerprint density at radius 3 is 1.76 bits per heavy atom. The van der Waals surface area contributed by atoms with Crippen LogP contribution in [0, 0.1) is 0 Å². The number of benzene rings is 8. The molecule has 0 unspecified atom stereocenters. The monoisotopic (exact) mass is 739 g/mol. The van der Waals surface area contributed by atoms with Gasteiger partial charge in [-0.3, -0.25) is 0 Å². The van der Waals surface area contributed by atoms with Crippen LogP contribution < -0.4 is 0 Å². The molecule has 0 bridgehead atoms. The molecule has 3 nitrogen and oxygen atoms in total. The second kappa shape index (κ2) is 14.1. The van der Waals surface area contributed by atoms with Crippen molar-refractivity contribution in [2.24, 2.45) is 0 Å². The number of rotatable bonds is 6. The van der Waals surface area contributed by atoms with Crippen LogP contribution in [0.25, 0.3) is 107 Å². The molecule has 0 amide bonds. The van der Waals surface area contributed by atoms with Gasteiger partial charge < -0.3 is 4.57 Å². The van der Waals surface area contributed by atoms with E-state index in [1.807, 2.05) is 6.07 Å². The van der Waals surface area contributed by atoms with Crippen molar-refractivity contribution in [2.75, 3.05) is 0 Å². The molecule has 58 heavy (non-hydrogen) atoms. The van der Waals surface area contributed by atoms with Gasteiger partial charge in [0.2, 0.25) is 0 Å². The molecule has 272 valence electrons. The van der Waals surface area contributed by atoms with Crippen LogP contribution in [0.5, 0.6) is 0 Å². The molecule has 2 heterocycles. The normalized spacial score (nSPS) is 12.3. The third-order valence-corrected chi connectivity index (χ3v) is 11.4. The summed E-state index contributed by atoms with van der Waals surface area (Å²) in [5.41, 5.74) is 15.5. The fraction of sp³-hybridized carbons (Fsp3) is 0.0182. The Morgan fingerprint density at radius 1 is 0.379 bits per heavy atom. The lowest BCUT2D eigenvalue weighted by molar-refractivity contribution is 1.18. The predicted octanol–water partition coefficient (Wildman–Crippen LogP) is 14.5. The highest BCUT2D eigenvalue weighted by atomic mass is 15.0. The third-order valence-electron chi connectivity index (χ3n) is 11.4. The van der Waals surface area contributed by atoms with Gasteiger partial charge in [-0.1, -0.05) is 164 Å². The SMILES string of the molecule is C1=Cc2cc(-c3ccccc3)cc(-c3cc(-c4ccc(-c5ccc6c(c5)c5ccccc5n6-c5ccccc5)c5ccccc45)nc(-c4ccccc4)n3)c2C=CC1. The van der Waals surface area contributed by atoms with Crippen molar-refractivity contribution >= 4 is 44.7 Å². The predicted molar refractivity (Wildman–Crippen MR) is 244 cm³/mol. The van der Waals surface area contributed by atoms with Crippen LogP contribution in [0.4, 0.5) is 0 Å². The minimum absolute atomic E-state index is 0.702. The van der Waals surface area contributed by atoms with E-state index < -0.39 is 0 Å². The van der Waals surface area contributed by atoms with E-state index >= 15 is 0 Å². The Morgan fingerprint density at radius 2 is 0.983 bits per heavy atom. The molecule has 1 aliphatic carbocycles. The van der Waals surface area contributed by atoms with E-state index in [1.54, 1.807) is 0 Å². The van der Waals surface area contributed by atoms with Gasteiger partial charge in [0.05, 0.1) is 22.4 Å². The zero-order valence-corrected chi connectivity index (χ0v) is 31.8. The summed E-state index contributed by atoms with van der Waals surface area (Å²) < 4.78 is 2.37. The molecular weight excluding hydrogens is 703 g/mol. The van der Waals surface area contributed by atoms with Crippen molar-refractivity contribution in [3.63, 3.8) is 0 Å². The van der Waals surface area contributed by atoms with Crippen molar-refractivity contribution in [1.29, 1.82) is 0 Å². The largest absolute Gasteiger partial charge is 0.309 e. The summed E-state index contributed by atoms with van der Waals surface area (Å²) in [7, 11) is 0. The van der Waals surface area contributed by atoms with Gasteiger partial charge in [-0.25, -0.2) is 9.97 Å². The minimum atomic E-state index is 0.702. The number of para-hydroxylation sites is 2. The average molecular weight is 740 g/mol. The maximum Gasteiger partial charge on any atom is 0.160 e. The molecule has 0 radical (unpaired) electrons. The highest BCUT2D eigenvalue weighted by Crippen LogP contribution is 2.41. The Kier molecular flexibility index (Phi) is 8.22. The summed E-state index contributed by atoms with van der Waals surface area (Å²) in [4.78, 5) is 10.6. The summed E-state index contributed by atoms with van der Waals surface area (Å²) in [6, 6.07) is 67.3. The second-order valence-corrected chi connectivity index (χ2v) is 14.9. The van der Waals surface area contributed by atoms with Gasteiger partial charge >= 0.3 is 0 Å². The summed E-state index contributed by atoms with van der Waals surface area (Å²) in [5, 5.41) is 4.81. The van der Waals surface area contributed by atoms with Gasteiger partial charge in [-0.05, 0) is 99.1 Å². The van der Waals surface area contributed by atoms with Gasteiger partial charge in [0.25, 0.3) is 0 Å². The lowest BCUT2D eigenvalue weighted by Crippen LogP contribution is -1.99. The van der Waals surface area contributed by atoms with Crippen molar-refractivity contribution in [1.82, 2.24) is 14.5 Å². The molecule has 0 aliphatic heterocycles. The first-order chi connectivity index (χ1) is 28.8. The molecule has 0 saturated carbocycles. The molecule has 3 heteroatoms. The zero-order valence-electron chi connectivity index (χ0n) is 31.8. The van der Waals surface area contributed by atoms with Gasteiger partial charge in [0, 0.05) is 33.2 Å². The Balaban J connectivity index is 1.11. The maximum atomic E-state index is 5.32. The summed E-state index contributed by atoms with van der Waals surface area (Å²) in [5.74, 6) is 0.702. The number of nitrogens with zero attached hydrogens (tertiary/aromatic N) is 3. The van der Waals surface area contributed by atoms with Gasteiger partial charge in [0.1, 0.15) is 0 Å². The Labute approximate surface area is 337 Å². The highest BCUT2D eigenvalue weighted by Gasteiger charge is 2.19. The number of allylic oxidation sites excluding steroid dienone is 2. The van der Waals surface area contributed by atoms with Crippen LogP contribution >= 0.6 is 0 Å². The van der Waals surface area contributed by atoms with Crippen molar-refractivity contribution in [2.45, 2.75) is 6.42 Å². The van der Waals surface area contributed by atoms with Gasteiger partial charge in [-0.2, -0.15) is 0 Å². The first-order valence-electron chi connectivity index (χ1n) is 19.9. The molecule has 1 aliphatic rings. The molecule has 0 N–H and O–H groups in total. The molecular formula is C55H37N3. The summed E-state index contributed by atoms with van der Waals surface area (Å²) in [6.45, 7) is 0. The fourth-order valence-electron chi connectivity index (χ4n) is 8.68. The first-order valence-corrected chi connectivity index (χ1v) is 19.9. The summed E-state index contributed by atoms with van der Waals surface area (Å²) in [6.07, 6.45) is 9.85. The average Bonchev–Trinajstić information content (AvgIpc) is 3.43. The van der Waals surface area contributed by atoms with E-state index in [4.69, 9.17) is 9.97 Å². The van der Waals surface area contributed by atoms with E-state index in [9.17, 15) is 0 Å². The smallest absolute Gasteiger partial charge is 0.160 e. The number of fused-ring (bicyclic) bond motifs is 5. The first kappa shape index (κ1) is 33.7. The third kappa shape index (κ3) is 5.84. The van der Waals surface area contributed by atoms with E-state index in [0.717, 1.165) is 51.1 Å². The van der Waals surface area contributed by atoms with Crippen LogP contribution in [-0.2, 0) is 0 Å². The molecule has 8 aromatic carbocycles. The molecule has 0 fully saturated rings. The molecule has 0 spiro atoms. The van der Waals surface area contributed by atoms with E-state index in [0.29, 0.717) is 5.82 Å². The van der Waals surface area contributed by atoms with Crippen molar-refractivity contribution < 1.29 is 0 Å². The van der Waals surface area contributed by atoms with E-state index in [1.165, 1.54) is 55.0 Å². The number of hydrogen-bond acceptors (Lipinski definition) is 2. The fourth-order valence-corrected chi connectivity index (χ4v) is 8.68. The number of aromatic nitrogens is 3. The lowest BCUT2D eigenvalue weighted by Gasteiger charge is -2.16. The zero-order chi connectivity index (χ0) is 38.4. The minimum Gasteiger partial charge on any atom is -0.309 e. The molecule has 0 saturated heterocycles. The molecule has 0 atom stereocenters. The van der Waals surface area contributed by atoms with Gasteiger partial charge in [0.15, 0.2) is 5.82 Å². The Hall–Kier alpha value is -7.62. The second-order valence-electron chi connectivity index (χ2n) is 14.9. The van der Waals surface area contributed by atoms with Crippen LogP contribution in [0.15, 0.2) is 200 Å². The van der Waals surface area contributed by atoms with E-state index in [2.05, 4.69) is 211 Å². The van der Waals surface area contributed by atoms with Crippen LogP contribution in [0.3, 0.4) is 0 Å². The molecule has 11 rings (SSSR count). The van der Waals surface area contributed by atoms with Crippen molar-refractivity contribution in [3.05, 3.63) is 211 Å². The van der Waals surface area contributed by atoms with Crippen LogP contribution in [-0.4, -0.2) is 14.5 Å². The topological polar surface area (TPSA) is 30.7 Å². The quantitative estimate of drug-likeness (QED) is 0.170. The maximum absolute atomic E-state index is 5.32.